The number of aromatic nitrogens is 7. The highest BCUT2D eigenvalue weighted by molar-refractivity contribution is 5.96. The number of nitrogens with zero attached hydrogens (tertiary/aromatic N) is 6. The van der Waals surface area contributed by atoms with Crippen LogP contribution in [0, 0.1) is 5.92 Å². The number of amides is 1. The maximum Gasteiger partial charge on any atom is 0.227 e. The van der Waals surface area contributed by atoms with Crippen molar-refractivity contribution in [3.05, 3.63) is 43.1 Å². The van der Waals surface area contributed by atoms with E-state index < -0.39 is 0 Å². The van der Waals surface area contributed by atoms with Gasteiger partial charge in [-0.15, -0.1) is 0 Å². The summed E-state index contributed by atoms with van der Waals surface area (Å²) in [6.07, 6.45) is 18.0. The third-order valence-electron chi connectivity index (χ3n) is 8.03. The van der Waals surface area contributed by atoms with Gasteiger partial charge in [0.2, 0.25) is 5.91 Å². The SMILES string of the molecule is O=C(Nc1cncc(-c2cnc3n[nH]c(-c4nc5c(N6CCCCC6)cncc5[nH]4)c3c2)c1)C1CCCCC1. The molecule has 5 aromatic rings. The molecule has 1 aliphatic carbocycles. The van der Waals surface area contributed by atoms with Gasteiger partial charge < -0.3 is 15.2 Å². The van der Waals surface area contributed by atoms with E-state index in [0.717, 1.165) is 77.7 Å². The number of aromatic amines is 2. The zero-order valence-corrected chi connectivity index (χ0v) is 21.8. The van der Waals surface area contributed by atoms with Crippen molar-refractivity contribution in [3.8, 4) is 22.6 Å². The number of carbonyl (C=O) groups is 1. The minimum absolute atomic E-state index is 0.0858. The maximum atomic E-state index is 12.8. The van der Waals surface area contributed by atoms with E-state index in [4.69, 9.17) is 4.98 Å². The highest BCUT2D eigenvalue weighted by atomic mass is 16.1. The van der Waals surface area contributed by atoms with Gasteiger partial charge in [-0.25, -0.2) is 9.97 Å². The number of anilines is 2. The topological polar surface area (TPSA) is 128 Å². The molecule has 0 radical (unpaired) electrons. The highest BCUT2D eigenvalue weighted by Crippen LogP contribution is 2.33. The van der Waals surface area contributed by atoms with Gasteiger partial charge in [0.1, 0.15) is 11.2 Å². The third kappa shape index (κ3) is 4.60. The molecule has 6 heterocycles. The summed E-state index contributed by atoms with van der Waals surface area (Å²) in [7, 11) is 0. The number of H-pyrrole nitrogens is 2. The Morgan fingerprint density at radius 1 is 0.897 bits per heavy atom. The average molecular weight is 522 g/mol. The summed E-state index contributed by atoms with van der Waals surface area (Å²) < 4.78 is 0. The number of carbonyl (C=O) groups excluding carboxylic acids is 1. The van der Waals surface area contributed by atoms with Crippen molar-refractivity contribution >= 4 is 39.3 Å². The first-order valence-electron chi connectivity index (χ1n) is 13.9. The van der Waals surface area contributed by atoms with Gasteiger partial charge in [0.15, 0.2) is 11.5 Å². The van der Waals surface area contributed by atoms with E-state index >= 15 is 0 Å². The lowest BCUT2D eigenvalue weighted by Crippen LogP contribution is -2.29. The van der Waals surface area contributed by atoms with Gasteiger partial charge in [0, 0.05) is 42.5 Å². The van der Waals surface area contributed by atoms with Crippen LogP contribution < -0.4 is 10.2 Å². The second kappa shape index (κ2) is 10.1. The van der Waals surface area contributed by atoms with Crippen molar-refractivity contribution in [1.29, 1.82) is 0 Å². The first kappa shape index (κ1) is 23.8. The molecule has 0 unspecified atom stereocenters. The van der Waals surface area contributed by atoms with Crippen molar-refractivity contribution in [3.63, 3.8) is 0 Å². The number of piperidine rings is 1. The quantitative estimate of drug-likeness (QED) is 0.280. The Hall–Kier alpha value is -4.34. The molecular weight excluding hydrogens is 490 g/mol. The Balaban J connectivity index is 1.20. The molecule has 2 fully saturated rings. The Labute approximate surface area is 225 Å². The van der Waals surface area contributed by atoms with Crippen LogP contribution in [0.2, 0.25) is 0 Å². The number of hydrogen-bond acceptors (Lipinski definition) is 7. The standard InChI is InChI=1S/C29H31N9O/c39-29(18-7-3-1-4-8-18)33-21-11-19(13-30-15-21)20-12-22-25(36-37-27(22)32-14-20)28-34-23-16-31-17-24(26(23)35-28)38-9-5-2-6-10-38/h11-18H,1-10H2,(H,33,39)(H,34,35)(H,32,36,37). The molecule has 7 rings (SSSR count). The van der Waals surface area contributed by atoms with Gasteiger partial charge in [-0.05, 0) is 44.2 Å². The Morgan fingerprint density at radius 3 is 2.56 bits per heavy atom. The van der Waals surface area contributed by atoms with E-state index in [2.05, 4.69) is 40.3 Å². The van der Waals surface area contributed by atoms with Crippen molar-refractivity contribution in [2.24, 2.45) is 5.92 Å². The fourth-order valence-electron chi connectivity index (χ4n) is 5.92. The van der Waals surface area contributed by atoms with Crippen LogP contribution in [0.3, 0.4) is 0 Å². The Bertz CT molecular complexity index is 1640. The zero-order chi connectivity index (χ0) is 26.2. The second-order valence-electron chi connectivity index (χ2n) is 10.7. The van der Waals surface area contributed by atoms with Crippen molar-refractivity contribution in [2.75, 3.05) is 23.3 Å². The van der Waals surface area contributed by atoms with E-state index in [1.807, 2.05) is 24.5 Å². The number of pyridine rings is 3. The molecule has 1 saturated carbocycles. The molecule has 10 heteroatoms. The van der Waals surface area contributed by atoms with E-state index in [0.29, 0.717) is 17.2 Å². The molecule has 39 heavy (non-hydrogen) atoms. The summed E-state index contributed by atoms with van der Waals surface area (Å²) in [5.41, 5.74) is 6.72. The molecule has 2 aliphatic rings. The number of rotatable bonds is 5. The summed E-state index contributed by atoms with van der Waals surface area (Å²) in [4.78, 5) is 37.0. The monoisotopic (exact) mass is 521 g/mol. The van der Waals surface area contributed by atoms with Crippen LogP contribution in [0.15, 0.2) is 43.1 Å². The lowest BCUT2D eigenvalue weighted by molar-refractivity contribution is -0.120. The van der Waals surface area contributed by atoms with Gasteiger partial charge >= 0.3 is 0 Å². The van der Waals surface area contributed by atoms with Crippen LogP contribution in [-0.2, 0) is 4.79 Å². The molecule has 1 saturated heterocycles. The summed E-state index contributed by atoms with van der Waals surface area (Å²) >= 11 is 0. The molecule has 0 bridgehead atoms. The first-order valence-corrected chi connectivity index (χ1v) is 13.9. The van der Waals surface area contributed by atoms with Crippen LogP contribution >= 0.6 is 0 Å². The van der Waals surface area contributed by atoms with E-state index in [1.54, 1.807) is 18.6 Å². The zero-order valence-electron chi connectivity index (χ0n) is 21.8. The van der Waals surface area contributed by atoms with Crippen molar-refractivity contribution < 1.29 is 4.79 Å². The normalized spacial score (nSPS) is 16.7. The van der Waals surface area contributed by atoms with Gasteiger partial charge in [0.25, 0.3) is 0 Å². The van der Waals surface area contributed by atoms with E-state index in [-0.39, 0.29) is 11.8 Å². The minimum atomic E-state index is 0.0858. The predicted octanol–water partition coefficient (Wildman–Crippen LogP) is 5.47. The number of nitrogens with one attached hydrogen (secondary N) is 3. The number of fused-ring (bicyclic) bond motifs is 2. The smallest absolute Gasteiger partial charge is 0.227 e. The van der Waals surface area contributed by atoms with Gasteiger partial charge in [-0.3, -0.25) is 19.9 Å². The van der Waals surface area contributed by atoms with Gasteiger partial charge in [-0.2, -0.15) is 5.10 Å². The Morgan fingerprint density at radius 2 is 1.69 bits per heavy atom. The van der Waals surface area contributed by atoms with Gasteiger partial charge in [0.05, 0.1) is 40.9 Å². The average Bonchev–Trinajstić information content (AvgIpc) is 3.62. The molecule has 3 N–H and O–H groups in total. The van der Waals surface area contributed by atoms with E-state index in [1.165, 1.54) is 25.7 Å². The van der Waals surface area contributed by atoms with Crippen LogP contribution in [-0.4, -0.2) is 54.1 Å². The largest absolute Gasteiger partial charge is 0.368 e. The molecule has 0 spiro atoms. The van der Waals surface area contributed by atoms with Crippen molar-refractivity contribution in [2.45, 2.75) is 51.4 Å². The molecule has 5 aromatic heterocycles. The third-order valence-corrected chi connectivity index (χ3v) is 8.03. The van der Waals surface area contributed by atoms with Crippen molar-refractivity contribution in [1.82, 2.24) is 35.1 Å². The van der Waals surface area contributed by atoms with Crippen LogP contribution in [0.4, 0.5) is 11.4 Å². The Kier molecular flexibility index (Phi) is 6.14. The highest BCUT2D eigenvalue weighted by Gasteiger charge is 2.22. The van der Waals surface area contributed by atoms with Crippen LogP contribution in [0.5, 0.6) is 0 Å². The predicted molar refractivity (Wildman–Crippen MR) is 151 cm³/mol. The van der Waals surface area contributed by atoms with Crippen LogP contribution in [0.1, 0.15) is 51.4 Å². The molecule has 198 valence electrons. The molecular formula is C29H31N9O. The summed E-state index contributed by atoms with van der Waals surface area (Å²) in [6, 6.07) is 4.00. The van der Waals surface area contributed by atoms with Crippen LogP contribution in [0.25, 0.3) is 44.7 Å². The minimum Gasteiger partial charge on any atom is -0.368 e. The summed E-state index contributed by atoms with van der Waals surface area (Å²) in [5, 5.41) is 11.5. The lowest BCUT2D eigenvalue weighted by Gasteiger charge is -2.28. The molecule has 10 nitrogen and oxygen atoms in total. The fraction of sp³-hybridized carbons (Fsp3) is 0.379. The lowest BCUT2D eigenvalue weighted by atomic mass is 9.88. The maximum absolute atomic E-state index is 12.8. The molecule has 0 aromatic carbocycles. The molecule has 1 amide bonds. The van der Waals surface area contributed by atoms with Gasteiger partial charge in [-0.1, -0.05) is 19.3 Å². The number of hydrogen-bond donors (Lipinski definition) is 3. The molecule has 1 aliphatic heterocycles. The summed E-state index contributed by atoms with van der Waals surface area (Å²) in [5.74, 6) is 0.871. The first-order chi connectivity index (χ1) is 19.2. The second-order valence-corrected chi connectivity index (χ2v) is 10.7. The summed E-state index contributed by atoms with van der Waals surface area (Å²) in [6.45, 7) is 2.05. The fourth-order valence-corrected chi connectivity index (χ4v) is 5.92. The number of imidazole rings is 1. The molecule has 0 atom stereocenters. The van der Waals surface area contributed by atoms with E-state index in [9.17, 15) is 4.79 Å².